The van der Waals surface area contributed by atoms with Crippen molar-refractivity contribution < 1.29 is 19.0 Å². The highest BCUT2D eigenvalue weighted by atomic mass is 35.5. The minimum absolute atomic E-state index is 0.0634. The number of anilines is 2. The molecule has 1 saturated heterocycles. The van der Waals surface area contributed by atoms with Gasteiger partial charge in [-0.1, -0.05) is 11.6 Å². The van der Waals surface area contributed by atoms with E-state index in [2.05, 4.69) is 15.7 Å². The van der Waals surface area contributed by atoms with Crippen LogP contribution in [0.2, 0.25) is 5.02 Å². The zero-order valence-electron chi connectivity index (χ0n) is 21.2. The summed E-state index contributed by atoms with van der Waals surface area (Å²) in [6, 6.07) is 20.6. The highest BCUT2D eigenvalue weighted by Gasteiger charge is 2.18. The molecule has 5 rings (SSSR count). The molecule has 0 saturated carbocycles. The van der Waals surface area contributed by atoms with Crippen molar-refractivity contribution in [3.05, 3.63) is 99.9 Å². The SMILES string of the molecule is COc1ccc(Oc2cnn(-c3ccc(Cl)cc3)c(=O)c2Nc2ccc(C(=O)NCC3CCCO3)cc2)cc1. The van der Waals surface area contributed by atoms with Gasteiger partial charge in [-0.2, -0.15) is 9.78 Å². The van der Waals surface area contributed by atoms with Crippen molar-refractivity contribution in [3.63, 3.8) is 0 Å². The number of halogens is 1. The fourth-order valence-electron chi connectivity index (χ4n) is 4.13. The molecule has 200 valence electrons. The normalized spacial score (nSPS) is 14.6. The third-order valence-electron chi connectivity index (χ3n) is 6.23. The summed E-state index contributed by atoms with van der Waals surface area (Å²) in [5.41, 5.74) is 1.38. The molecule has 4 aromatic rings. The number of carbonyl (C=O) groups excluding carboxylic acids is 1. The topological polar surface area (TPSA) is 104 Å². The van der Waals surface area contributed by atoms with Crippen LogP contribution in [-0.2, 0) is 4.74 Å². The van der Waals surface area contributed by atoms with E-state index in [1.807, 2.05) is 0 Å². The zero-order chi connectivity index (χ0) is 27.2. The number of ether oxygens (including phenoxy) is 3. The minimum atomic E-state index is -0.429. The number of nitrogens with one attached hydrogen (secondary N) is 2. The maximum atomic E-state index is 13.6. The van der Waals surface area contributed by atoms with E-state index < -0.39 is 5.56 Å². The summed E-state index contributed by atoms with van der Waals surface area (Å²) in [6.07, 6.45) is 3.49. The van der Waals surface area contributed by atoms with Gasteiger partial charge in [-0.05, 0) is 85.6 Å². The molecule has 1 unspecified atom stereocenters. The van der Waals surface area contributed by atoms with E-state index in [0.717, 1.165) is 19.4 Å². The molecule has 39 heavy (non-hydrogen) atoms. The van der Waals surface area contributed by atoms with Gasteiger partial charge in [0.25, 0.3) is 11.5 Å². The first kappa shape index (κ1) is 26.3. The molecule has 1 aromatic heterocycles. The van der Waals surface area contributed by atoms with Gasteiger partial charge in [0.15, 0.2) is 11.4 Å². The minimum Gasteiger partial charge on any atom is -0.497 e. The predicted octanol–water partition coefficient (Wildman–Crippen LogP) is 5.34. The van der Waals surface area contributed by atoms with Crippen molar-refractivity contribution >= 4 is 28.9 Å². The summed E-state index contributed by atoms with van der Waals surface area (Å²) in [4.78, 5) is 26.2. The van der Waals surface area contributed by atoms with Crippen molar-refractivity contribution in [1.29, 1.82) is 0 Å². The molecule has 0 spiro atoms. The Balaban J connectivity index is 1.40. The molecule has 1 aliphatic rings. The van der Waals surface area contributed by atoms with Crippen molar-refractivity contribution in [3.8, 4) is 22.9 Å². The smallest absolute Gasteiger partial charge is 0.299 e. The Kier molecular flexibility index (Phi) is 8.10. The maximum absolute atomic E-state index is 13.6. The largest absolute Gasteiger partial charge is 0.497 e. The lowest BCUT2D eigenvalue weighted by Gasteiger charge is -2.15. The van der Waals surface area contributed by atoms with Crippen LogP contribution in [0, 0.1) is 0 Å². The molecule has 9 nitrogen and oxygen atoms in total. The molecule has 3 aromatic carbocycles. The number of methoxy groups -OCH3 is 1. The molecule has 0 radical (unpaired) electrons. The molecule has 1 amide bonds. The van der Waals surface area contributed by atoms with Crippen molar-refractivity contribution in [2.24, 2.45) is 0 Å². The van der Waals surface area contributed by atoms with Crippen LogP contribution in [-0.4, -0.2) is 42.1 Å². The van der Waals surface area contributed by atoms with Crippen LogP contribution in [0.5, 0.6) is 17.2 Å². The standard InChI is InChI=1S/C29H27ClN4O5/c1-37-23-12-14-24(15-13-23)39-26-18-32-34(22-10-6-20(30)7-11-22)29(36)27(26)33-21-8-4-19(5-9-21)28(35)31-17-25-3-2-16-38-25/h4-15,18,25,33H,2-3,16-17H2,1H3,(H,31,35). The number of hydrogen-bond acceptors (Lipinski definition) is 7. The van der Waals surface area contributed by atoms with Gasteiger partial charge in [0.05, 0.1) is 25.1 Å². The van der Waals surface area contributed by atoms with E-state index >= 15 is 0 Å². The summed E-state index contributed by atoms with van der Waals surface area (Å²) in [6.45, 7) is 1.21. The Labute approximate surface area is 230 Å². The molecule has 2 N–H and O–H groups in total. The molecule has 1 atom stereocenters. The Morgan fingerprint density at radius 1 is 1.05 bits per heavy atom. The highest BCUT2D eigenvalue weighted by molar-refractivity contribution is 6.30. The van der Waals surface area contributed by atoms with Crippen LogP contribution in [0.3, 0.4) is 0 Å². The van der Waals surface area contributed by atoms with E-state index in [0.29, 0.717) is 40.0 Å². The first-order valence-corrected chi connectivity index (χ1v) is 12.8. The van der Waals surface area contributed by atoms with Crippen molar-refractivity contribution in [2.45, 2.75) is 18.9 Å². The van der Waals surface area contributed by atoms with Gasteiger partial charge >= 0.3 is 0 Å². The average molecular weight is 547 g/mol. The molecule has 2 heterocycles. The maximum Gasteiger partial charge on any atom is 0.299 e. The van der Waals surface area contributed by atoms with E-state index in [9.17, 15) is 9.59 Å². The molecule has 10 heteroatoms. The van der Waals surface area contributed by atoms with E-state index in [-0.39, 0.29) is 23.4 Å². The van der Waals surface area contributed by atoms with Crippen LogP contribution in [0.4, 0.5) is 11.4 Å². The van der Waals surface area contributed by atoms with Crippen LogP contribution >= 0.6 is 11.6 Å². The van der Waals surface area contributed by atoms with Gasteiger partial charge in [0.2, 0.25) is 0 Å². The van der Waals surface area contributed by atoms with Gasteiger partial charge < -0.3 is 24.8 Å². The second-order valence-corrected chi connectivity index (χ2v) is 9.34. The molecule has 0 aliphatic carbocycles. The second kappa shape index (κ2) is 12.0. The van der Waals surface area contributed by atoms with Gasteiger partial charge in [0.1, 0.15) is 11.5 Å². The monoisotopic (exact) mass is 546 g/mol. The number of hydrogen-bond donors (Lipinski definition) is 2. The number of amides is 1. The van der Waals surface area contributed by atoms with Crippen LogP contribution < -0.4 is 25.7 Å². The third kappa shape index (κ3) is 6.39. The summed E-state index contributed by atoms with van der Waals surface area (Å²) >= 11 is 6.02. The highest BCUT2D eigenvalue weighted by Crippen LogP contribution is 2.30. The lowest BCUT2D eigenvalue weighted by Crippen LogP contribution is -2.31. The van der Waals surface area contributed by atoms with E-state index in [4.69, 9.17) is 25.8 Å². The summed E-state index contributed by atoms with van der Waals surface area (Å²) < 4.78 is 18.0. The molecular formula is C29H27ClN4O5. The fourth-order valence-corrected chi connectivity index (χ4v) is 4.26. The quantitative estimate of drug-likeness (QED) is 0.292. The fraction of sp³-hybridized carbons (Fsp3) is 0.207. The van der Waals surface area contributed by atoms with Crippen LogP contribution in [0.15, 0.2) is 83.8 Å². The third-order valence-corrected chi connectivity index (χ3v) is 6.48. The zero-order valence-corrected chi connectivity index (χ0v) is 22.0. The summed E-state index contributed by atoms with van der Waals surface area (Å²) in [7, 11) is 1.58. The van der Waals surface area contributed by atoms with Crippen molar-refractivity contribution in [1.82, 2.24) is 15.1 Å². The predicted molar refractivity (Wildman–Crippen MR) is 149 cm³/mol. The molecule has 0 bridgehead atoms. The Hall–Kier alpha value is -4.34. The lowest BCUT2D eigenvalue weighted by molar-refractivity contribution is 0.0858. The lowest BCUT2D eigenvalue weighted by atomic mass is 10.1. The second-order valence-electron chi connectivity index (χ2n) is 8.90. The number of benzene rings is 3. The van der Waals surface area contributed by atoms with Crippen LogP contribution in [0.25, 0.3) is 5.69 Å². The van der Waals surface area contributed by atoms with Gasteiger partial charge in [-0.3, -0.25) is 9.59 Å². The molecule has 1 fully saturated rings. The van der Waals surface area contributed by atoms with Gasteiger partial charge in [-0.25, -0.2) is 0 Å². The number of carbonyl (C=O) groups is 1. The molecule has 1 aliphatic heterocycles. The van der Waals surface area contributed by atoms with Crippen molar-refractivity contribution in [2.75, 3.05) is 25.6 Å². The molecular weight excluding hydrogens is 520 g/mol. The Bertz CT molecular complexity index is 1480. The van der Waals surface area contributed by atoms with E-state index in [1.54, 1.807) is 79.9 Å². The Morgan fingerprint density at radius 3 is 2.44 bits per heavy atom. The first-order valence-electron chi connectivity index (χ1n) is 12.5. The number of aromatic nitrogens is 2. The first-order chi connectivity index (χ1) is 19.0. The summed E-state index contributed by atoms with van der Waals surface area (Å²) in [5.74, 6) is 1.22. The average Bonchev–Trinajstić information content (AvgIpc) is 3.49. The van der Waals surface area contributed by atoms with E-state index in [1.165, 1.54) is 10.9 Å². The van der Waals surface area contributed by atoms with Crippen LogP contribution in [0.1, 0.15) is 23.2 Å². The Morgan fingerprint density at radius 2 is 1.77 bits per heavy atom. The summed E-state index contributed by atoms with van der Waals surface area (Å²) in [5, 5.41) is 10.9. The number of nitrogens with zero attached hydrogens (tertiary/aromatic N) is 2. The van der Waals surface area contributed by atoms with Gasteiger partial charge in [-0.15, -0.1) is 0 Å². The van der Waals surface area contributed by atoms with Gasteiger partial charge in [0, 0.05) is 29.4 Å². The number of rotatable bonds is 9.